The number of rotatable bonds is 8. The third-order valence-electron chi connectivity index (χ3n) is 2.38. The zero-order valence-corrected chi connectivity index (χ0v) is 11.4. The van der Waals surface area contributed by atoms with Gasteiger partial charge in [0.05, 0.1) is 12.3 Å². The Kier molecular flexibility index (Phi) is 5.59. The van der Waals surface area contributed by atoms with Crippen molar-refractivity contribution in [2.24, 2.45) is 5.73 Å². The lowest BCUT2D eigenvalue weighted by Crippen LogP contribution is -2.42. The summed E-state index contributed by atoms with van der Waals surface area (Å²) < 4.78 is 24.6. The van der Waals surface area contributed by atoms with Gasteiger partial charge >= 0.3 is 5.97 Å². The van der Waals surface area contributed by atoms with Gasteiger partial charge in [0.2, 0.25) is 15.9 Å². The first-order valence-electron chi connectivity index (χ1n) is 5.69. The molecule has 1 aromatic heterocycles. The fraction of sp³-hybridized carbons (Fsp3) is 0.364. The Hall–Kier alpha value is -2.00. The first-order chi connectivity index (χ1) is 9.31. The molecular weight excluding hydrogens is 286 g/mol. The van der Waals surface area contributed by atoms with Crippen molar-refractivity contribution in [3.05, 3.63) is 30.1 Å². The second-order valence-electron chi connectivity index (χ2n) is 4.02. The van der Waals surface area contributed by atoms with Crippen LogP contribution in [0.15, 0.2) is 24.4 Å². The van der Waals surface area contributed by atoms with Gasteiger partial charge in [-0.3, -0.25) is 14.6 Å². The Bertz CT molecular complexity index is 557. The zero-order valence-electron chi connectivity index (χ0n) is 10.6. The van der Waals surface area contributed by atoms with Crippen LogP contribution in [0.2, 0.25) is 0 Å². The topological polar surface area (TPSA) is 131 Å². The lowest BCUT2D eigenvalue weighted by atomic mass is 10.3. The van der Waals surface area contributed by atoms with E-state index in [-0.39, 0.29) is 12.2 Å². The third kappa shape index (κ3) is 5.33. The van der Waals surface area contributed by atoms with Gasteiger partial charge in [-0.2, -0.15) is 4.31 Å². The van der Waals surface area contributed by atoms with Crippen molar-refractivity contribution in [2.45, 2.75) is 6.42 Å². The minimum absolute atomic E-state index is 0.123. The molecule has 1 aromatic rings. The Morgan fingerprint density at radius 1 is 1.30 bits per heavy atom. The van der Waals surface area contributed by atoms with Crippen LogP contribution in [0.1, 0.15) is 5.69 Å². The van der Waals surface area contributed by atoms with Gasteiger partial charge in [0.1, 0.15) is 6.54 Å². The van der Waals surface area contributed by atoms with E-state index in [4.69, 9.17) is 10.8 Å². The van der Waals surface area contributed by atoms with Gasteiger partial charge in [-0.05, 0) is 12.1 Å². The van der Waals surface area contributed by atoms with E-state index in [9.17, 15) is 18.0 Å². The van der Waals surface area contributed by atoms with Gasteiger partial charge in [-0.15, -0.1) is 0 Å². The molecule has 0 aliphatic heterocycles. The van der Waals surface area contributed by atoms with Crippen LogP contribution in [0, 0.1) is 0 Å². The maximum Gasteiger partial charge on any atom is 0.318 e. The molecule has 0 unspecified atom stereocenters. The number of carboxylic acids is 1. The molecule has 9 heteroatoms. The molecule has 0 radical (unpaired) electrons. The van der Waals surface area contributed by atoms with Crippen molar-refractivity contribution in [2.75, 3.05) is 18.8 Å². The lowest BCUT2D eigenvalue weighted by Gasteiger charge is -2.18. The highest BCUT2D eigenvalue weighted by Gasteiger charge is 2.25. The third-order valence-corrected chi connectivity index (χ3v) is 4.14. The standard InChI is InChI=1S/C11H15N3O5S/c12-10(15)7-14(8-11(16)17)20(18,19)6-4-9-3-1-2-5-13-9/h1-3,5H,4,6-8H2,(H2,12,15)(H,16,17). The van der Waals surface area contributed by atoms with Gasteiger partial charge in [-0.25, -0.2) is 8.42 Å². The number of carbonyl (C=O) groups excluding carboxylic acids is 1. The van der Waals surface area contributed by atoms with Crippen LogP contribution in [0.3, 0.4) is 0 Å². The maximum absolute atomic E-state index is 12.0. The number of aliphatic carboxylic acids is 1. The summed E-state index contributed by atoms with van der Waals surface area (Å²) in [5.74, 6) is -2.61. The largest absolute Gasteiger partial charge is 0.480 e. The fourth-order valence-electron chi connectivity index (χ4n) is 1.49. The van der Waals surface area contributed by atoms with Crippen molar-refractivity contribution < 1.29 is 23.1 Å². The molecule has 1 heterocycles. The highest BCUT2D eigenvalue weighted by Crippen LogP contribution is 2.05. The Balaban J connectivity index is 2.76. The van der Waals surface area contributed by atoms with Crippen molar-refractivity contribution in [3.8, 4) is 0 Å². The molecule has 20 heavy (non-hydrogen) atoms. The molecule has 0 aliphatic rings. The number of aryl methyl sites for hydroxylation is 1. The zero-order chi connectivity index (χ0) is 15.2. The van der Waals surface area contributed by atoms with Crippen molar-refractivity contribution in [3.63, 3.8) is 0 Å². The molecule has 1 rings (SSSR count). The molecule has 0 aliphatic carbocycles. The van der Waals surface area contributed by atoms with Crippen LogP contribution < -0.4 is 5.73 Å². The quantitative estimate of drug-likeness (QED) is 0.622. The van der Waals surface area contributed by atoms with Gasteiger partial charge < -0.3 is 10.8 Å². The van der Waals surface area contributed by atoms with Crippen LogP contribution >= 0.6 is 0 Å². The van der Waals surface area contributed by atoms with Crippen LogP contribution in [-0.4, -0.2) is 53.5 Å². The number of pyridine rings is 1. The average molecular weight is 301 g/mol. The summed E-state index contributed by atoms with van der Waals surface area (Å²) in [7, 11) is -3.90. The maximum atomic E-state index is 12.0. The summed E-state index contributed by atoms with van der Waals surface area (Å²) in [5, 5.41) is 8.67. The van der Waals surface area contributed by atoms with Crippen LogP contribution in [0.5, 0.6) is 0 Å². The van der Waals surface area contributed by atoms with Crippen molar-refractivity contribution >= 4 is 21.9 Å². The first-order valence-corrected chi connectivity index (χ1v) is 7.30. The van der Waals surface area contributed by atoms with Crippen LogP contribution in [-0.2, 0) is 26.0 Å². The number of hydrogen-bond donors (Lipinski definition) is 2. The van der Waals surface area contributed by atoms with E-state index >= 15 is 0 Å². The van der Waals surface area contributed by atoms with E-state index < -0.39 is 35.0 Å². The predicted molar refractivity (Wildman–Crippen MR) is 70.1 cm³/mol. The molecule has 0 saturated carbocycles. The smallest absolute Gasteiger partial charge is 0.318 e. The highest BCUT2D eigenvalue weighted by molar-refractivity contribution is 7.89. The number of carbonyl (C=O) groups is 2. The summed E-state index contributed by atoms with van der Waals surface area (Å²) >= 11 is 0. The molecule has 0 saturated heterocycles. The molecule has 0 atom stereocenters. The highest BCUT2D eigenvalue weighted by atomic mass is 32.2. The molecule has 0 bridgehead atoms. The van der Waals surface area contributed by atoms with E-state index in [0.717, 1.165) is 0 Å². The number of nitrogens with two attached hydrogens (primary N) is 1. The van der Waals surface area contributed by atoms with Gasteiger partial charge in [-0.1, -0.05) is 6.07 Å². The van der Waals surface area contributed by atoms with E-state index in [1.54, 1.807) is 18.2 Å². The molecule has 0 aromatic carbocycles. The number of hydrogen-bond acceptors (Lipinski definition) is 5. The number of primary amides is 1. The van der Waals surface area contributed by atoms with E-state index in [0.29, 0.717) is 10.00 Å². The minimum atomic E-state index is -3.90. The van der Waals surface area contributed by atoms with Gasteiger partial charge in [0.15, 0.2) is 0 Å². The molecule has 3 N–H and O–H groups in total. The van der Waals surface area contributed by atoms with Crippen molar-refractivity contribution in [1.29, 1.82) is 0 Å². The SMILES string of the molecule is NC(=O)CN(CC(=O)O)S(=O)(=O)CCc1ccccn1. The minimum Gasteiger partial charge on any atom is -0.480 e. The number of nitrogens with zero attached hydrogens (tertiary/aromatic N) is 2. The Morgan fingerprint density at radius 2 is 2.00 bits per heavy atom. The molecule has 1 amide bonds. The second kappa shape index (κ2) is 6.96. The van der Waals surface area contributed by atoms with Crippen LogP contribution in [0.25, 0.3) is 0 Å². The molecule has 8 nitrogen and oxygen atoms in total. The summed E-state index contributed by atoms with van der Waals surface area (Å²) in [6, 6.07) is 5.07. The average Bonchev–Trinajstić information content (AvgIpc) is 2.36. The monoisotopic (exact) mass is 301 g/mol. The molecule has 0 spiro atoms. The normalized spacial score (nSPS) is 11.4. The summed E-state index contributed by atoms with van der Waals surface area (Å²) in [4.78, 5) is 25.4. The number of carboxylic acid groups (broad SMARTS) is 1. The lowest BCUT2D eigenvalue weighted by molar-refractivity contribution is -0.137. The predicted octanol–water partition coefficient (Wildman–Crippen LogP) is -1.17. The molecule has 0 fully saturated rings. The van der Waals surface area contributed by atoms with Crippen molar-refractivity contribution in [1.82, 2.24) is 9.29 Å². The fourth-order valence-corrected chi connectivity index (χ4v) is 2.84. The summed E-state index contributed by atoms with van der Waals surface area (Å²) in [5.41, 5.74) is 5.48. The summed E-state index contributed by atoms with van der Waals surface area (Å²) in [6.07, 6.45) is 1.65. The van der Waals surface area contributed by atoms with Gasteiger partial charge in [0.25, 0.3) is 0 Å². The number of aromatic nitrogens is 1. The first kappa shape index (κ1) is 16.1. The Labute approximate surface area is 116 Å². The van der Waals surface area contributed by atoms with E-state index in [2.05, 4.69) is 4.98 Å². The molecule has 110 valence electrons. The summed E-state index contributed by atoms with van der Waals surface area (Å²) in [6.45, 7) is -1.45. The van der Waals surface area contributed by atoms with E-state index in [1.165, 1.54) is 6.20 Å². The Morgan fingerprint density at radius 3 is 2.50 bits per heavy atom. The van der Waals surface area contributed by atoms with Gasteiger partial charge in [0, 0.05) is 18.3 Å². The number of sulfonamides is 1. The van der Waals surface area contributed by atoms with E-state index in [1.807, 2.05) is 0 Å². The molecular formula is C11H15N3O5S. The second-order valence-corrected chi connectivity index (χ2v) is 6.10. The van der Waals surface area contributed by atoms with Crippen LogP contribution in [0.4, 0.5) is 0 Å². The number of amides is 1.